The van der Waals surface area contributed by atoms with Gasteiger partial charge in [0.1, 0.15) is 0 Å². The molecule has 1 aliphatic heterocycles. The summed E-state index contributed by atoms with van der Waals surface area (Å²) in [5, 5.41) is 2.15. The summed E-state index contributed by atoms with van der Waals surface area (Å²) < 4.78 is 0. The molecule has 0 N–H and O–H groups in total. The Hall–Kier alpha value is -1.68. The second kappa shape index (κ2) is 6.39. The summed E-state index contributed by atoms with van der Waals surface area (Å²) in [5.41, 5.74) is 2.35. The molecule has 2 aromatic heterocycles. The molecule has 0 aromatic carbocycles. The van der Waals surface area contributed by atoms with Gasteiger partial charge in [0, 0.05) is 29.7 Å². The average molecular weight is 300 g/mol. The molecule has 0 aliphatic carbocycles. The lowest BCUT2D eigenvalue weighted by Gasteiger charge is -2.35. The molecule has 4 heteroatoms. The van der Waals surface area contributed by atoms with E-state index in [9.17, 15) is 4.79 Å². The maximum Gasteiger partial charge on any atom is 0.223 e. The third kappa shape index (κ3) is 3.00. The van der Waals surface area contributed by atoms with Crippen LogP contribution >= 0.6 is 11.3 Å². The number of amides is 1. The topological polar surface area (TPSA) is 33.2 Å². The Morgan fingerprint density at radius 1 is 1.43 bits per heavy atom. The van der Waals surface area contributed by atoms with E-state index in [0.29, 0.717) is 6.42 Å². The highest BCUT2D eigenvalue weighted by Gasteiger charge is 2.29. The van der Waals surface area contributed by atoms with Gasteiger partial charge in [-0.1, -0.05) is 13.0 Å². The third-order valence-corrected chi connectivity index (χ3v) is 5.12. The summed E-state index contributed by atoms with van der Waals surface area (Å²) in [5.74, 6) is 0.254. The first-order chi connectivity index (χ1) is 10.3. The molecule has 1 atom stereocenters. The van der Waals surface area contributed by atoms with Crippen molar-refractivity contribution in [1.82, 2.24) is 9.88 Å². The molecule has 0 bridgehead atoms. The molecule has 0 fully saturated rings. The number of carbonyl (C=O) groups is 1. The van der Waals surface area contributed by atoms with Crippen LogP contribution in [0.15, 0.2) is 35.8 Å². The number of rotatable bonds is 4. The van der Waals surface area contributed by atoms with Gasteiger partial charge in [-0.15, -0.1) is 11.3 Å². The monoisotopic (exact) mass is 300 g/mol. The van der Waals surface area contributed by atoms with E-state index in [1.54, 1.807) is 6.20 Å². The van der Waals surface area contributed by atoms with Gasteiger partial charge in [-0.25, -0.2) is 0 Å². The number of aryl methyl sites for hydroxylation is 1. The van der Waals surface area contributed by atoms with E-state index in [2.05, 4.69) is 28.3 Å². The Balaban J connectivity index is 1.67. The number of carbonyl (C=O) groups excluding carboxylic acids is 1. The molecule has 0 saturated carbocycles. The Bertz CT molecular complexity index is 608. The van der Waals surface area contributed by atoms with Crippen LogP contribution in [0.25, 0.3) is 0 Å². The highest BCUT2D eigenvalue weighted by Crippen LogP contribution is 2.35. The maximum atomic E-state index is 12.6. The molecule has 0 radical (unpaired) electrons. The molecular weight excluding hydrogens is 280 g/mol. The number of nitrogens with zero attached hydrogens (tertiary/aromatic N) is 2. The fraction of sp³-hybridized carbons (Fsp3) is 0.412. The van der Waals surface area contributed by atoms with Crippen molar-refractivity contribution in [3.63, 3.8) is 0 Å². The SMILES string of the molecule is CCC1c2ccsc2CCN1C(=O)CCc1ccccn1. The largest absolute Gasteiger partial charge is 0.335 e. The Labute approximate surface area is 129 Å². The van der Waals surface area contributed by atoms with Crippen LogP contribution < -0.4 is 0 Å². The van der Waals surface area contributed by atoms with Gasteiger partial charge in [0.25, 0.3) is 0 Å². The minimum absolute atomic E-state index is 0.254. The summed E-state index contributed by atoms with van der Waals surface area (Å²) in [7, 11) is 0. The van der Waals surface area contributed by atoms with Crippen LogP contribution in [0.2, 0.25) is 0 Å². The molecule has 2 aromatic rings. The normalized spacial score (nSPS) is 17.6. The van der Waals surface area contributed by atoms with E-state index in [-0.39, 0.29) is 11.9 Å². The molecular formula is C17H20N2OS. The van der Waals surface area contributed by atoms with Gasteiger partial charge in [-0.05, 0) is 48.4 Å². The lowest BCUT2D eigenvalue weighted by atomic mass is 9.97. The first-order valence-electron chi connectivity index (χ1n) is 7.55. The van der Waals surface area contributed by atoms with Gasteiger partial charge in [-0.2, -0.15) is 0 Å². The van der Waals surface area contributed by atoms with E-state index in [0.717, 1.165) is 31.5 Å². The Kier molecular flexibility index (Phi) is 4.34. The summed E-state index contributed by atoms with van der Waals surface area (Å²) >= 11 is 1.82. The summed E-state index contributed by atoms with van der Waals surface area (Å²) in [6, 6.07) is 8.31. The molecule has 0 saturated heterocycles. The van der Waals surface area contributed by atoms with Crippen molar-refractivity contribution in [2.45, 2.75) is 38.6 Å². The lowest BCUT2D eigenvalue weighted by Crippen LogP contribution is -2.39. The van der Waals surface area contributed by atoms with Crippen molar-refractivity contribution in [3.8, 4) is 0 Å². The molecule has 1 aliphatic rings. The summed E-state index contributed by atoms with van der Waals surface area (Å²) in [4.78, 5) is 20.4. The quantitative estimate of drug-likeness (QED) is 0.864. The van der Waals surface area contributed by atoms with Crippen molar-refractivity contribution in [2.75, 3.05) is 6.54 Å². The highest BCUT2D eigenvalue weighted by molar-refractivity contribution is 7.10. The van der Waals surface area contributed by atoms with Gasteiger partial charge < -0.3 is 4.90 Å². The summed E-state index contributed by atoms with van der Waals surface area (Å²) in [6.07, 6.45) is 5.04. The van der Waals surface area contributed by atoms with Crippen molar-refractivity contribution >= 4 is 17.2 Å². The molecule has 3 heterocycles. The number of pyridine rings is 1. The van der Waals surface area contributed by atoms with Crippen molar-refractivity contribution in [2.24, 2.45) is 0 Å². The van der Waals surface area contributed by atoms with Crippen LogP contribution in [0.4, 0.5) is 0 Å². The van der Waals surface area contributed by atoms with Crippen LogP contribution in [0, 0.1) is 0 Å². The fourth-order valence-electron chi connectivity index (χ4n) is 3.06. The molecule has 3 rings (SSSR count). The van der Waals surface area contributed by atoms with Crippen molar-refractivity contribution in [3.05, 3.63) is 52.0 Å². The first kappa shape index (κ1) is 14.3. The van der Waals surface area contributed by atoms with E-state index < -0.39 is 0 Å². The second-order valence-corrected chi connectivity index (χ2v) is 6.38. The van der Waals surface area contributed by atoms with Crippen LogP contribution in [0.3, 0.4) is 0 Å². The van der Waals surface area contributed by atoms with Crippen LogP contribution in [0.5, 0.6) is 0 Å². The predicted octanol–water partition coefficient (Wildman–Crippen LogP) is 3.61. The summed E-state index contributed by atoms with van der Waals surface area (Å²) in [6.45, 7) is 3.02. The van der Waals surface area contributed by atoms with Gasteiger partial charge in [0.05, 0.1) is 6.04 Å². The minimum Gasteiger partial charge on any atom is -0.335 e. The maximum absolute atomic E-state index is 12.6. The zero-order valence-electron chi connectivity index (χ0n) is 12.3. The molecule has 0 spiro atoms. The highest BCUT2D eigenvalue weighted by atomic mass is 32.1. The first-order valence-corrected chi connectivity index (χ1v) is 8.43. The number of fused-ring (bicyclic) bond motifs is 1. The second-order valence-electron chi connectivity index (χ2n) is 5.38. The number of thiophene rings is 1. The third-order valence-electron chi connectivity index (χ3n) is 4.12. The van der Waals surface area contributed by atoms with E-state index in [1.807, 2.05) is 29.5 Å². The van der Waals surface area contributed by atoms with E-state index in [4.69, 9.17) is 0 Å². The van der Waals surface area contributed by atoms with Gasteiger partial charge in [0.2, 0.25) is 5.91 Å². The van der Waals surface area contributed by atoms with Crippen molar-refractivity contribution in [1.29, 1.82) is 0 Å². The zero-order chi connectivity index (χ0) is 14.7. The van der Waals surface area contributed by atoms with Gasteiger partial charge in [0.15, 0.2) is 0 Å². The smallest absolute Gasteiger partial charge is 0.223 e. The molecule has 3 nitrogen and oxygen atoms in total. The van der Waals surface area contributed by atoms with Crippen LogP contribution in [-0.4, -0.2) is 22.3 Å². The zero-order valence-corrected chi connectivity index (χ0v) is 13.1. The fourth-order valence-corrected chi connectivity index (χ4v) is 3.99. The molecule has 1 unspecified atom stereocenters. The van der Waals surface area contributed by atoms with Crippen LogP contribution in [-0.2, 0) is 17.6 Å². The van der Waals surface area contributed by atoms with E-state index in [1.165, 1.54) is 10.4 Å². The van der Waals surface area contributed by atoms with Gasteiger partial charge in [-0.3, -0.25) is 9.78 Å². The average Bonchev–Trinajstić information content (AvgIpc) is 3.01. The van der Waals surface area contributed by atoms with Crippen LogP contribution in [0.1, 0.15) is 41.9 Å². The number of hydrogen-bond acceptors (Lipinski definition) is 3. The standard InChI is InChI=1S/C17H20N2OS/c1-2-15-14-9-12-21-16(14)8-11-19(15)17(20)7-6-13-5-3-4-10-18-13/h3-5,9-10,12,15H,2,6-8,11H2,1H3. The Morgan fingerprint density at radius 3 is 3.10 bits per heavy atom. The lowest BCUT2D eigenvalue weighted by molar-refractivity contribution is -0.134. The van der Waals surface area contributed by atoms with E-state index >= 15 is 0 Å². The number of aromatic nitrogens is 1. The predicted molar refractivity (Wildman–Crippen MR) is 85.3 cm³/mol. The number of hydrogen-bond donors (Lipinski definition) is 0. The van der Waals surface area contributed by atoms with Crippen molar-refractivity contribution < 1.29 is 4.79 Å². The molecule has 21 heavy (non-hydrogen) atoms. The van der Waals surface area contributed by atoms with Gasteiger partial charge >= 0.3 is 0 Å². The molecule has 1 amide bonds. The minimum atomic E-state index is 0.254. The molecule has 110 valence electrons. The Morgan fingerprint density at radius 2 is 2.33 bits per heavy atom.